The fourth-order valence-corrected chi connectivity index (χ4v) is 4.20. The van der Waals surface area contributed by atoms with Crippen molar-refractivity contribution in [3.63, 3.8) is 0 Å². The number of carbonyl (C=O) groups is 1. The number of nitrogens with zero attached hydrogens (tertiary/aromatic N) is 2. The topological polar surface area (TPSA) is 49.0 Å². The molecule has 1 N–H and O–H groups in total. The van der Waals surface area contributed by atoms with Crippen molar-refractivity contribution in [2.75, 3.05) is 6.54 Å². The second kappa shape index (κ2) is 4.98. The molecule has 1 aliphatic heterocycles. The van der Waals surface area contributed by atoms with E-state index in [0.717, 1.165) is 25.1 Å². The summed E-state index contributed by atoms with van der Waals surface area (Å²) >= 11 is 1.81. The monoisotopic (exact) mass is 301 g/mol. The number of amides is 1. The summed E-state index contributed by atoms with van der Waals surface area (Å²) in [5.74, 6) is 0.674. The van der Waals surface area contributed by atoms with Crippen LogP contribution in [-0.4, -0.2) is 27.5 Å². The minimum Gasteiger partial charge on any atom is -0.330 e. The summed E-state index contributed by atoms with van der Waals surface area (Å²) in [5, 5.41) is 9.43. The molecule has 1 aliphatic carbocycles. The van der Waals surface area contributed by atoms with Crippen LogP contribution in [0.4, 0.5) is 0 Å². The minimum absolute atomic E-state index is 0.0712. The summed E-state index contributed by atoms with van der Waals surface area (Å²) < 4.78 is 0. The highest BCUT2D eigenvalue weighted by Gasteiger charge is 2.33. The van der Waals surface area contributed by atoms with Gasteiger partial charge < -0.3 is 4.90 Å². The average molecular weight is 301 g/mol. The maximum atomic E-state index is 12.8. The number of nitrogens with one attached hydrogen (secondary N) is 1. The number of aromatic nitrogens is 2. The van der Waals surface area contributed by atoms with Gasteiger partial charge in [0.2, 0.25) is 0 Å². The lowest BCUT2D eigenvalue weighted by atomic mass is 9.97. The van der Waals surface area contributed by atoms with E-state index >= 15 is 0 Å². The van der Waals surface area contributed by atoms with Crippen LogP contribution in [0.15, 0.2) is 17.5 Å². The molecule has 1 atom stereocenters. The molecule has 0 radical (unpaired) electrons. The van der Waals surface area contributed by atoms with E-state index in [1.807, 2.05) is 22.3 Å². The molecule has 3 heterocycles. The van der Waals surface area contributed by atoms with Crippen LogP contribution in [-0.2, 0) is 6.42 Å². The third-order valence-electron chi connectivity index (χ3n) is 4.58. The Morgan fingerprint density at radius 2 is 2.38 bits per heavy atom. The second-order valence-corrected chi connectivity index (χ2v) is 6.96. The first-order chi connectivity index (χ1) is 10.3. The SMILES string of the molecule is CCC1c2ccsc2CCN1C(=O)c1cc(C2CC2)[nH]n1. The molecular weight excluding hydrogens is 282 g/mol. The van der Waals surface area contributed by atoms with Crippen LogP contribution in [0.5, 0.6) is 0 Å². The highest BCUT2D eigenvalue weighted by molar-refractivity contribution is 7.10. The van der Waals surface area contributed by atoms with Gasteiger partial charge in [0, 0.05) is 23.0 Å². The van der Waals surface area contributed by atoms with Crippen molar-refractivity contribution >= 4 is 17.2 Å². The molecule has 0 bridgehead atoms. The van der Waals surface area contributed by atoms with E-state index in [1.54, 1.807) is 0 Å². The Balaban J connectivity index is 1.61. The van der Waals surface area contributed by atoms with Crippen LogP contribution in [0, 0.1) is 0 Å². The summed E-state index contributed by atoms with van der Waals surface area (Å²) in [5.41, 5.74) is 3.04. The van der Waals surface area contributed by atoms with Crippen molar-refractivity contribution in [1.82, 2.24) is 15.1 Å². The average Bonchev–Trinajstić information content (AvgIpc) is 3.05. The Labute approximate surface area is 128 Å². The van der Waals surface area contributed by atoms with E-state index in [-0.39, 0.29) is 11.9 Å². The van der Waals surface area contributed by atoms with E-state index in [9.17, 15) is 4.79 Å². The van der Waals surface area contributed by atoms with Crippen LogP contribution < -0.4 is 0 Å². The summed E-state index contributed by atoms with van der Waals surface area (Å²) in [7, 11) is 0. The molecular formula is C16H19N3OS. The van der Waals surface area contributed by atoms with Crippen LogP contribution in [0.25, 0.3) is 0 Å². The van der Waals surface area contributed by atoms with Gasteiger partial charge in [-0.2, -0.15) is 5.10 Å². The maximum absolute atomic E-state index is 12.8. The summed E-state index contributed by atoms with van der Waals surface area (Å²) in [6.45, 7) is 2.95. The minimum atomic E-state index is 0.0712. The molecule has 4 rings (SSSR count). The lowest BCUT2D eigenvalue weighted by Crippen LogP contribution is -2.39. The van der Waals surface area contributed by atoms with Gasteiger partial charge in [0.05, 0.1) is 6.04 Å². The van der Waals surface area contributed by atoms with Gasteiger partial charge >= 0.3 is 0 Å². The summed E-state index contributed by atoms with van der Waals surface area (Å²) in [4.78, 5) is 16.2. The predicted molar refractivity (Wildman–Crippen MR) is 82.7 cm³/mol. The zero-order valence-electron chi connectivity index (χ0n) is 12.1. The Kier molecular flexibility index (Phi) is 3.10. The number of rotatable bonds is 3. The van der Waals surface area contributed by atoms with Gasteiger partial charge in [-0.15, -0.1) is 11.3 Å². The first kappa shape index (κ1) is 13.1. The normalized spacial score (nSPS) is 21.4. The highest BCUT2D eigenvalue weighted by Crippen LogP contribution is 2.40. The number of aromatic amines is 1. The first-order valence-electron chi connectivity index (χ1n) is 7.70. The van der Waals surface area contributed by atoms with Gasteiger partial charge in [-0.05, 0) is 48.8 Å². The van der Waals surface area contributed by atoms with Crippen LogP contribution >= 0.6 is 11.3 Å². The van der Waals surface area contributed by atoms with E-state index in [1.165, 1.54) is 23.3 Å². The van der Waals surface area contributed by atoms with Gasteiger partial charge in [-0.25, -0.2) is 0 Å². The zero-order chi connectivity index (χ0) is 14.4. The van der Waals surface area contributed by atoms with Gasteiger partial charge in [0.25, 0.3) is 5.91 Å². The van der Waals surface area contributed by atoms with Crippen LogP contribution in [0.1, 0.15) is 64.8 Å². The van der Waals surface area contributed by atoms with Crippen molar-refractivity contribution in [3.05, 3.63) is 39.3 Å². The number of thiophene rings is 1. The molecule has 0 aromatic carbocycles. The molecule has 2 aromatic heterocycles. The lowest BCUT2D eigenvalue weighted by molar-refractivity contribution is 0.0651. The van der Waals surface area contributed by atoms with Crippen molar-refractivity contribution in [3.8, 4) is 0 Å². The van der Waals surface area contributed by atoms with Crippen molar-refractivity contribution in [2.24, 2.45) is 0 Å². The number of hydrogen-bond donors (Lipinski definition) is 1. The molecule has 4 nitrogen and oxygen atoms in total. The van der Waals surface area contributed by atoms with E-state index in [2.05, 4.69) is 28.6 Å². The fraction of sp³-hybridized carbons (Fsp3) is 0.500. The van der Waals surface area contributed by atoms with E-state index in [0.29, 0.717) is 11.6 Å². The van der Waals surface area contributed by atoms with Crippen molar-refractivity contribution in [2.45, 2.75) is 44.6 Å². The molecule has 5 heteroatoms. The molecule has 21 heavy (non-hydrogen) atoms. The summed E-state index contributed by atoms with van der Waals surface area (Å²) in [6, 6.07) is 4.33. The van der Waals surface area contributed by atoms with E-state index < -0.39 is 0 Å². The molecule has 0 spiro atoms. The molecule has 1 unspecified atom stereocenters. The largest absolute Gasteiger partial charge is 0.330 e. The Morgan fingerprint density at radius 1 is 1.52 bits per heavy atom. The van der Waals surface area contributed by atoms with Crippen molar-refractivity contribution < 1.29 is 4.79 Å². The number of H-pyrrole nitrogens is 1. The fourth-order valence-electron chi connectivity index (χ4n) is 3.28. The number of fused-ring (bicyclic) bond motifs is 1. The van der Waals surface area contributed by atoms with Gasteiger partial charge in [0.1, 0.15) is 5.69 Å². The smallest absolute Gasteiger partial charge is 0.274 e. The first-order valence-corrected chi connectivity index (χ1v) is 8.58. The second-order valence-electron chi connectivity index (χ2n) is 5.95. The number of hydrogen-bond acceptors (Lipinski definition) is 3. The molecule has 2 aromatic rings. The lowest BCUT2D eigenvalue weighted by Gasteiger charge is -2.35. The van der Waals surface area contributed by atoms with Crippen LogP contribution in [0.2, 0.25) is 0 Å². The van der Waals surface area contributed by atoms with Gasteiger partial charge in [-0.1, -0.05) is 6.92 Å². The maximum Gasteiger partial charge on any atom is 0.274 e. The standard InChI is InChI=1S/C16H19N3OS/c1-2-14-11-6-8-21-15(11)5-7-19(14)16(20)13-9-12(17-18-13)10-3-4-10/h6,8-10,14H,2-5,7H2,1H3,(H,17,18). The van der Waals surface area contributed by atoms with Crippen molar-refractivity contribution in [1.29, 1.82) is 0 Å². The molecule has 2 aliphatic rings. The molecule has 0 saturated heterocycles. The quantitative estimate of drug-likeness (QED) is 0.943. The third-order valence-corrected chi connectivity index (χ3v) is 5.57. The van der Waals surface area contributed by atoms with Gasteiger partial charge in [0.15, 0.2) is 0 Å². The van der Waals surface area contributed by atoms with Crippen LogP contribution in [0.3, 0.4) is 0 Å². The summed E-state index contributed by atoms with van der Waals surface area (Å²) in [6.07, 6.45) is 4.36. The predicted octanol–water partition coefficient (Wildman–Crippen LogP) is 3.50. The highest BCUT2D eigenvalue weighted by atomic mass is 32.1. The Hall–Kier alpha value is -1.62. The zero-order valence-corrected chi connectivity index (χ0v) is 12.9. The molecule has 1 saturated carbocycles. The molecule has 1 fully saturated rings. The van der Waals surface area contributed by atoms with Gasteiger partial charge in [-0.3, -0.25) is 9.89 Å². The Morgan fingerprint density at radius 3 is 3.14 bits per heavy atom. The Bertz CT molecular complexity index is 671. The molecule has 110 valence electrons. The third kappa shape index (κ3) is 2.20. The molecule has 1 amide bonds. The number of carbonyl (C=O) groups excluding carboxylic acids is 1. The van der Waals surface area contributed by atoms with E-state index in [4.69, 9.17) is 0 Å².